The lowest BCUT2D eigenvalue weighted by atomic mass is 10.0. The number of nitrogens with two attached hydrogens (primary N) is 4. The average Bonchev–Trinajstić information content (AvgIpc) is 3.45. The van der Waals surface area contributed by atoms with Gasteiger partial charge in [-0.3, -0.25) is 19.4 Å². The summed E-state index contributed by atoms with van der Waals surface area (Å²) in [6.07, 6.45) is 3.53. The summed E-state index contributed by atoms with van der Waals surface area (Å²) in [4.78, 5) is 59.4. The Kier molecular flexibility index (Phi) is 14.0. The minimum atomic E-state index is -1.27. The van der Waals surface area contributed by atoms with Crippen LogP contribution in [0, 0.1) is 0 Å². The zero-order chi connectivity index (χ0) is 34.3. The number of aliphatic carboxylic acids is 1. The number of amides is 3. The molecule has 0 radical (unpaired) electrons. The number of nitrogens with zero attached hydrogens (tertiary/aromatic N) is 1. The number of aromatic amines is 1. The SMILES string of the molecule is NCCCCC(NC(=O)C(CCCN=C(N)N)NC(=O)C(N)Cc1ccc(O)cc1)C(=O)NC(Cc1c[nH]c2ccccc12)C(=O)O. The molecule has 0 aliphatic carbocycles. The topological polar surface area (TPSA) is 277 Å². The van der Waals surface area contributed by atoms with Crippen molar-refractivity contribution in [2.75, 3.05) is 13.1 Å². The monoisotopic (exact) mass is 651 g/mol. The first kappa shape index (κ1) is 36.3. The number of phenols is 1. The highest BCUT2D eigenvalue weighted by atomic mass is 16.4. The fourth-order valence-corrected chi connectivity index (χ4v) is 5.06. The molecule has 254 valence electrons. The summed E-state index contributed by atoms with van der Waals surface area (Å²) in [6.45, 7) is 0.555. The number of aromatic hydroxyl groups is 1. The molecule has 0 fully saturated rings. The smallest absolute Gasteiger partial charge is 0.326 e. The van der Waals surface area contributed by atoms with E-state index in [-0.39, 0.29) is 43.9 Å². The normalized spacial score (nSPS) is 13.6. The number of carboxylic acid groups (broad SMARTS) is 1. The van der Waals surface area contributed by atoms with E-state index >= 15 is 0 Å². The molecule has 47 heavy (non-hydrogen) atoms. The third-order valence-electron chi connectivity index (χ3n) is 7.60. The van der Waals surface area contributed by atoms with Gasteiger partial charge in [0.2, 0.25) is 17.7 Å². The van der Waals surface area contributed by atoms with E-state index in [1.807, 2.05) is 24.3 Å². The minimum Gasteiger partial charge on any atom is -0.508 e. The lowest BCUT2D eigenvalue weighted by Gasteiger charge is -2.25. The van der Waals surface area contributed by atoms with Crippen molar-refractivity contribution in [3.05, 3.63) is 65.9 Å². The Balaban J connectivity index is 1.74. The molecule has 0 aliphatic rings. The van der Waals surface area contributed by atoms with Crippen LogP contribution < -0.4 is 38.9 Å². The number of carbonyl (C=O) groups is 4. The van der Waals surface area contributed by atoms with Crippen molar-refractivity contribution in [1.82, 2.24) is 20.9 Å². The second-order valence-electron chi connectivity index (χ2n) is 11.3. The number of fused-ring (bicyclic) bond motifs is 1. The number of rotatable bonds is 19. The first-order valence-electron chi connectivity index (χ1n) is 15.5. The van der Waals surface area contributed by atoms with Crippen molar-refractivity contribution in [2.24, 2.45) is 27.9 Å². The maximum absolute atomic E-state index is 13.6. The van der Waals surface area contributed by atoms with Gasteiger partial charge in [0.25, 0.3) is 0 Å². The van der Waals surface area contributed by atoms with Gasteiger partial charge in [-0.25, -0.2) is 4.79 Å². The molecule has 14 N–H and O–H groups in total. The maximum Gasteiger partial charge on any atom is 0.326 e. The number of para-hydroxylation sites is 1. The van der Waals surface area contributed by atoms with E-state index in [0.29, 0.717) is 36.9 Å². The van der Waals surface area contributed by atoms with E-state index < -0.39 is 47.9 Å². The first-order valence-corrected chi connectivity index (χ1v) is 15.5. The molecular formula is C32H45N9O6. The first-order chi connectivity index (χ1) is 22.5. The van der Waals surface area contributed by atoms with Crippen LogP contribution in [0.3, 0.4) is 0 Å². The van der Waals surface area contributed by atoms with Gasteiger partial charge in [0.15, 0.2) is 5.96 Å². The molecule has 3 amide bonds. The Morgan fingerprint density at radius 2 is 1.43 bits per heavy atom. The zero-order valence-electron chi connectivity index (χ0n) is 26.2. The van der Waals surface area contributed by atoms with Crippen LogP contribution in [0.1, 0.15) is 43.2 Å². The van der Waals surface area contributed by atoms with E-state index in [4.69, 9.17) is 22.9 Å². The van der Waals surface area contributed by atoms with E-state index in [9.17, 15) is 29.4 Å². The molecule has 0 saturated heterocycles. The Hall–Kier alpha value is -5.15. The van der Waals surface area contributed by atoms with Gasteiger partial charge in [-0.1, -0.05) is 30.3 Å². The number of carbonyl (C=O) groups excluding carboxylic acids is 3. The number of benzene rings is 2. The number of aliphatic imine (C=N–C) groups is 1. The van der Waals surface area contributed by atoms with Crippen molar-refractivity contribution in [3.8, 4) is 5.75 Å². The van der Waals surface area contributed by atoms with Crippen molar-refractivity contribution >= 4 is 40.6 Å². The predicted molar refractivity (Wildman–Crippen MR) is 178 cm³/mol. The van der Waals surface area contributed by atoms with Crippen molar-refractivity contribution in [2.45, 2.75) is 69.1 Å². The summed E-state index contributed by atoms with van der Waals surface area (Å²) in [5, 5.41) is 28.3. The summed E-state index contributed by atoms with van der Waals surface area (Å²) in [6, 6.07) is 9.13. The number of aromatic nitrogens is 1. The van der Waals surface area contributed by atoms with Gasteiger partial charge in [-0.2, -0.15) is 0 Å². The van der Waals surface area contributed by atoms with Gasteiger partial charge in [-0.05, 0) is 74.4 Å². The molecule has 1 aromatic heterocycles. The number of carboxylic acids is 1. The summed E-state index contributed by atoms with van der Waals surface area (Å²) in [5.41, 5.74) is 24.9. The Labute approximate surface area is 272 Å². The number of H-pyrrole nitrogens is 1. The lowest BCUT2D eigenvalue weighted by molar-refractivity contribution is -0.142. The van der Waals surface area contributed by atoms with Gasteiger partial charge in [-0.15, -0.1) is 0 Å². The highest BCUT2D eigenvalue weighted by Crippen LogP contribution is 2.19. The van der Waals surface area contributed by atoms with Crippen LogP contribution in [-0.2, 0) is 32.0 Å². The lowest BCUT2D eigenvalue weighted by Crippen LogP contribution is -2.57. The van der Waals surface area contributed by atoms with E-state index in [2.05, 4.69) is 25.9 Å². The van der Waals surface area contributed by atoms with Gasteiger partial charge < -0.3 is 54.1 Å². The molecule has 3 rings (SSSR count). The molecule has 4 atom stereocenters. The van der Waals surface area contributed by atoms with Crippen LogP contribution >= 0.6 is 0 Å². The van der Waals surface area contributed by atoms with E-state index in [1.165, 1.54) is 12.1 Å². The summed E-state index contributed by atoms with van der Waals surface area (Å²) in [7, 11) is 0. The third kappa shape index (κ3) is 11.6. The molecule has 4 unspecified atom stereocenters. The molecule has 0 bridgehead atoms. The summed E-state index contributed by atoms with van der Waals surface area (Å²) < 4.78 is 0. The largest absolute Gasteiger partial charge is 0.508 e. The van der Waals surface area contributed by atoms with E-state index in [0.717, 1.165) is 10.9 Å². The minimum absolute atomic E-state index is 0.0109. The van der Waals surface area contributed by atoms with Gasteiger partial charge in [0, 0.05) is 30.1 Å². The number of nitrogens with one attached hydrogen (secondary N) is 4. The van der Waals surface area contributed by atoms with Gasteiger partial charge in [0.05, 0.1) is 6.04 Å². The van der Waals surface area contributed by atoms with Crippen LogP contribution in [0.15, 0.2) is 59.7 Å². The number of unbranched alkanes of at least 4 members (excludes halogenated alkanes) is 1. The molecule has 2 aromatic carbocycles. The molecule has 15 heteroatoms. The average molecular weight is 652 g/mol. The zero-order valence-corrected chi connectivity index (χ0v) is 26.2. The van der Waals surface area contributed by atoms with Crippen LogP contribution in [0.25, 0.3) is 10.9 Å². The molecule has 15 nitrogen and oxygen atoms in total. The number of hydrogen-bond donors (Lipinski definition) is 10. The second kappa shape index (κ2) is 18.1. The van der Waals surface area contributed by atoms with Crippen LogP contribution in [0.2, 0.25) is 0 Å². The predicted octanol–water partition coefficient (Wildman–Crippen LogP) is -0.292. The van der Waals surface area contributed by atoms with Gasteiger partial charge >= 0.3 is 5.97 Å². The third-order valence-corrected chi connectivity index (χ3v) is 7.60. The Morgan fingerprint density at radius 1 is 0.809 bits per heavy atom. The van der Waals surface area contributed by atoms with Crippen molar-refractivity contribution in [3.63, 3.8) is 0 Å². The number of guanidine groups is 1. The highest BCUT2D eigenvalue weighted by Gasteiger charge is 2.30. The van der Waals surface area contributed by atoms with Crippen LogP contribution in [-0.4, -0.2) is 82.1 Å². The molecular weight excluding hydrogens is 606 g/mol. The summed E-state index contributed by atoms with van der Waals surface area (Å²) in [5.74, 6) is -3.23. The number of hydrogen-bond acceptors (Lipinski definition) is 8. The maximum atomic E-state index is 13.6. The summed E-state index contributed by atoms with van der Waals surface area (Å²) >= 11 is 0. The fourth-order valence-electron chi connectivity index (χ4n) is 5.06. The number of phenolic OH excluding ortho intramolecular Hbond substituents is 1. The van der Waals surface area contributed by atoms with Crippen molar-refractivity contribution in [1.29, 1.82) is 0 Å². The fraction of sp³-hybridized carbons (Fsp3) is 0.406. The van der Waals surface area contributed by atoms with Crippen LogP contribution in [0.4, 0.5) is 0 Å². The molecule has 1 heterocycles. The molecule has 0 spiro atoms. The molecule has 0 saturated carbocycles. The quantitative estimate of drug-likeness (QED) is 0.0459. The van der Waals surface area contributed by atoms with E-state index in [1.54, 1.807) is 18.3 Å². The Morgan fingerprint density at radius 3 is 2.06 bits per heavy atom. The molecule has 0 aliphatic heterocycles. The van der Waals surface area contributed by atoms with Crippen molar-refractivity contribution < 1.29 is 29.4 Å². The highest BCUT2D eigenvalue weighted by molar-refractivity contribution is 5.94. The van der Waals surface area contributed by atoms with Gasteiger partial charge in [0.1, 0.15) is 23.9 Å². The standard InChI is InChI=1S/C32H45N9O6/c33-14-4-3-8-25(30(45)41-27(31(46)47)17-20-18-38-24-7-2-1-6-22(20)24)40-29(44)26(9-5-15-37-32(35)36)39-28(43)23(34)16-19-10-12-21(42)13-11-19/h1-2,6-7,10-13,18,23,25-27,38,42H,3-5,8-9,14-17,33-34H2,(H,39,43)(H,40,44)(H,41,45)(H,46,47)(H4,35,36,37). The molecule has 3 aromatic rings. The second-order valence-corrected chi connectivity index (χ2v) is 11.3. The Bertz CT molecular complexity index is 1520. The van der Waals surface area contributed by atoms with Crippen LogP contribution in [0.5, 0.6) is 5.75 Å².